The summed E-state index contributed by atoms with van der Waals surface area (Å²) in [5, 5.41) is 0.822. The molecule has 1 aliphatic rings. The lowest BCUT2D eigenvalue weighted by atomic mass is 9.97. The molecule has 0 aromatic heterocycles. The Kier molecular flexibility index (Phi) is 5.01. The SMILES string of the molecule is CN(Cc1ccccc1Cl)C(CN)C1CCOC1. The first-order chi connectivity index (χ1) is 8.72. The van der Waals surface area contributed by atoms with Gasteiger partial charge in [-0.15, -0.1) is 0 Å². The number of hydrogen-bond acceptors (Lipinski definition) is 3. The molecule has 1 aliphatic heterocycles. The Balaban J connectivity index is 2.01. The van der Waals surface area contributed by atoms with E-state index in [1.807, 2.05) is 18.2 Å². The Labute approximate surface area is 114 Å². The molecular weight excluding hydrogens is 248 g/mol. The van der Waals surface area contributed by atoms with Gasteiger partial charge in [0.2, 0.25) is 0 Å². The predicted molar refractivity (Wildman–Crippen MR) is 74.7 cm³/mol. The topological polar surface area (TPSA) is 38.5 Å². The molecule has 3 nitrogen and oxygen atoms in total. The molecule has 0 radical (unpaired) electrons. The smallest absolute Gasteiger partial charge is 0.0510 e. The maximum atomic E-state index is 6.19. The third-order valence-electron chi connectivity index (χ3n) is 3.69. The molecule has 1 aromatic rings. The minimum atomic E-state index is 0.365. The molecule has 2 N–H and O–H groups in total. The highest BCUT2D eigenvalue weighted by Gasteiger charge is 2.27. The molecule has 1 saturated heterocycles. The molecule has 100 valence electrons. The second-order valence-electron chi connectivity index (χ2n) is 4.93. The van der Waals surface area contributed by atoms with Crippen molar-refractivity contribution in [1.29, 1.82) is 0 Å². The highest BCUT2D eigenvalue weighted by Crippen LogP contribution is 2.23. The van der Waals surface area contributed by atoms with E-state index in [9.17, 15) is 0 Å². The molecule has 4 heteroatoms. The van der Waals surface area contributed by atoms with Crippen LogP contribution in [0.25, 0.3) is 0 Å². The summed E-state index contributed by atoms with van der Waals surface area (Å²) in [6, 6.07) is 8.34. The average Bonchev–Trinajstić information content (AvgIpc) is 2.87. The van der Waals surface area contributed by atoms with E-state index < -0.39 is 0 Å². The van der Waals surface area contributed by atoms with Crippen LogP contribution in [0.15, 0.2) is 24.3 Å². The number of ether oxygens (including phenoxy) is 1. The van der Waals surface area contributed by atoms with Crippen LogP contribution in [-0.4, -0.2) is 37.7 Å². The van der Waals surface area contributed by atoms with E-state index in [0.29, 0.717) is 18.5 Å². The first-order valence-corrected chi connectivity index (χ1v) is 6.81. The third kappa shape index (κ3) is 3.23. The highest BCUT2D eigenvalue weighted by atomic mass is 35.5. The van der Waals surface area contributed by atoms with Crippen LogP contribution in [0.1, 0.15) is 12.0 Å². The van der Waals surface area contributed by atoms with Gasteiger partial charge in [-0.25, -0.2) is 0 Å². The highest BCUT2D eigenvalue weighted by molar-refractivity contribution is 6.31. The normalized spacial score (nSPS) is 21.4. The van der Waals surface area contributed by atoms with E-state index in [4.69, 9.17) is 22.1 Å². The first-order valence-electron chi connectivity index (χ1n) is 6.44. The number of benzene rings is 1. The van der Waals surface area contributed by atoms with Gasteiger partial charge in [0, 0.05) is 36.7 Å². The van der Waals surface area contributed by atoms with Gasteiger partial charge in [-0.3, -0.25) is 4.90 Å². The van der Waals surface area contributed by atoms with Gasteiger partial charge in [0.05, 0.1) is 6.61 Å². The van der Waals surface area contributed by atoms with Crippen LogP contribution in [0.4, 0.5) is 0 Å². The molecule has 0 spiro atoms. The Hall–Kier alpha value is -0.610. The van der Waals surface area contributed by atoms with E-state index in [1.54, 1.807) is 0 Å². The molecule has 0 aliphatic carbocycles. The quantitative estimate of drug-likeness (QED) is 0.889. The molecule has 1 aromatic carbocycles. The molecule has 0 amide bonds. The summed E-state index contributed by atoms with van der Waals surface area (Å²) in [6.07, 6.45) is 1.11. The second kappa shape index (κ2) is 6.53. The zero-order chi connectivity index (χ0) is 13.0. The lowest BCUT2D eigenvalue weighted by molar-refractivity contribution is 0.136. The van der Waals surface area contributed by atoms with Crippen molar-refractivity contribution in [3.05, 3.63) is 34.9 Å². The second-order valence-corrected chi connectivity index (χ2v) is 5.34. The van der Waals surface area contributed by atoms with E-state index >= 15 is 0 Å². The maximum absolute atomic E-state index is 6.19. The zero-order valence-corrected chi connectivity index (χ0v) is 11.6. The van der Waals surface area contributed by atoms with Crippen LogP contribution in [0, 0.1) is 5.92 Å². The zero-order valence-electron chi connectivity index (χ0n) is 10.8. The summed E-state index contributed by atoms with van der Waals surface area (Å²) in [7, 11) is 2.11. The summed E-state index contributed by atoms with van der Waals surface area (Å²) >= 11 is 6.19. The number of nitrogens with zero attached hydrogens (tertiary/aromatic N) is 1. The summed E-state index contributed by atoms with van der Waals surface area (Å²) in [5.74, 6) is 0.544. The Morgan fingerprint density at radius 1 is 1.50 bits per heavy atom. The van der Waals surface area contributed by atoms with Crippen molar-refractivity contribution in [1.82, 2.24) is 4.90 Å². The lowest BCUT2D eigenvalue weighted by Gasteiger charge is -2.31. The van der Waals surface area contributed by atoms with Crippen molar-refractivity contribution >= 4 is 11.6 Å². The molecule has 2 rings (SSSR count). The largest absolute Gasteiger partial charge is 0.381 e. The van der Waals surface area contributed by atoms with Crippen molar-refractivity contribution in [2.75, 3.05) is 26.8 Å². The molecule has 0 saturated carbocycles. The molecule has 1 heterocycles. The minimum absolute atomic E-state index is 0.365. The van der Waals surface area contributed by atoms with Crippen molar-refractivity contribution in [3.8, 4) is 0 Å². The number of nitrogens with two attached hydrogens (primary N) is 1. The summed E-state index contributed by atoms with van der Waals surface area (Å²) in [5.41, 5.74) is 7.07. The standard InChI is InChI=1S/C14H21ClN2O/c1-17(9-11-4-2-3-5-13(11)15)14(8-16)12-6-7-18-10-12/h2-5,12,14H,6-10,16H2,1H3. The fraction of sp³-hybridized carbons (Fsp3) is 0.571. The third-order valence-corrected chi connectivity index (χ3v) is 4.06. The predicted octanol–water partition coefficient (Wildman–Crippen LogP) is 2.14. The van der Waals surface area contributed by atoms with Gasteiger partial charge in [-0.1, -0.05) is 29.8 Å². The summed E-state index contributed by atoms with van der Waals surface area (Å²) in [4.78, 5) is 2.29. The van der Waals surface area contributed by atoms with Crippen LogP contribution in [0.3, 0.4) is 0 Å². The van der Waals surface area contributed by atoms with E-state index in [-0.39, 0.29) is 0 Å². The van der Waals surface area contributed by atoms with E-state index in [2.05, 4.69) is 18.0 Å². The van der Waals surface area contributed by atoms with Gasteiger partial charge in [0.1, 0.15) is 0 Å². The van der Waals surface area contributed by atoms with Gasteiger partial charge >= 0.3 is 0 Å². The average molecular weight is 269 g/mol. The van der Waals surface area contributed by atoms with Crippen molar-refractivity contribution in [2.45, 2.75) is 19.0 Å². The Morgan fingerprint density at radius 2 is 2.28 bits per heavy atom. The number of rotatable bonds is 5. The van der Waals surface area contributed by atoms with Crippen LogP contribution in [-0.2, 0) is 11.3 Å². The van der Waals surface area contributed by atoms with Crippen molar-refractivity contribution in [3.63, 3.8) is 0 Å². The van der Waals surface area contributed by atoms with Crippen molar-refractivity contribution < 1.29 is 4.74 Å². The Morgan fingerprint density at radius 3 is 2.89 bits per heavy atom. The van der Waals surface area contributed by atoms with E-state index in [1.165, 1.54) is 0 Å². The van der Waals surface area contributed by atoms with E-state index in [0.717, 1.165) is 36.8 Å². The molecule has 2 unspecified atom stereocenters. The number of hydrogen-bond donors (Lipinski definition) is 1. The van der Waals surface area contributed by atoms with Crippen LogP contribution in [0.5, 0.6) is 0 Å². The summed E-state index contributed by atoms with van der Waals surface area (Å²) in [6.45, 7) is 3.18. The fourth-order valence-corrected chi connectivity index (χ4v) is 2.80. The molecule has 18 heavy (non-hydrogen) atoms. The number of halogens is 1. The minimum Gasteiger partial charge on any atom is -0.381 e. The van der Waals surface area contributed by atoms with Crippen LogP contribution < -0.4 is 5.73 Å². The van der Waals surface area contributed by atoms with Crippen LogP contribution >= 0.6 is 11.6 Å². The Bertz CT molecular complexity index is 380. The summed E-state index contributed by atoms with van der Waals surface area (Å²) < 4.78 is 5.46. The van der Waals surface area contributed by atoms with Gasteiger partial charge in [0.25, 0.3) is 0 Å². The lowest BCUT2D eigenvalue weighted by Crippen LogP contribution is -2.43. The van der Waals surface area contributed by atoms with Crippen molar-refractivity contribution in [2.24, 2.45) is 11.7 Å². The molecule has 1 fully saturated rings. The van der Waals surface area contributed by atoms with Gasteiger partial charge in [0.15, 0.2) is 0 Å². The number of likely N-dealkylation sites (N-methyl/N-ethyl adjacent to an activating group) is 1. The fourth-order valence-electron chi connectivity index (χ4n) is 2.60. The van der Waals surface area contributed by atoms with Gasteiger partial charge in [-0.2, -0.15) is 0 Å². The molecular formula is C14H21ClN2O. The maximum Gasteiger partial charge on any atom is 0.0510 e. The van der Waals surface area contributed by atoms with Crippen LogP contribution in [0.2, 0.25) is 5.02 Å². The first kappa shape index (κ1) is 13.8. The monoisotopic (exact) mass is 268 g/mol. The molecule has 2 atom stereocenters. The van der Waals surface area contributed by atoms with Gasteiger partial charge in [-0.05, 0) is 25.1 Å². The van der Waals surface area contributed by atoms with Gasteiger partial charge < -0.3 is 10.5 Å². The molecule has 0 bridgehead atoms.